The summed E-state index contributed by atoms with van der Waals surface area (Å²) in [5.74, 6) is 1.71. The summed E-state index contributed by atoms with van der Waals surface area (Å²) in [4.78, 5) is 26.1. The fourth-order valence-electron chi connectivity index (χ4n) is 3.65. The SMILES string of the molecule is C#CCN1C(=O)S/C(=C\c2cn(Cc3ccc(F)cc3)c3c(CC)cccc23)C1=O. The molecule has 2 heterocycles. The van der Waals surface area contributed by atoms with Gasteiger partial charge in [0.1, 0.15) is 5.82 Å². The Morgan fingerprint density at radius 3 is 2.63 bits per heavy atom. The first kappa shape index (κ1) is 20.0. The fraction of sp³-hybridized carbons (Fsp3) is 0.167. The molecule has 0 unspecified atom stereocenters. The van der Waals surface area contributed by atoms with Gasteiger partial charge in [0.2, 0.25) is 0 Å². The normalized spacial score (nSPS) is 15.4. The van der Waals surface area contributed by atoms with Crippen molar-refractivity contribution < 1.29 is 14.0 Å². The van der Waals surface area contributed by atoms with Crippen molar-refractivity contribution in [3.05, 3.63) is 76.1 Å². The highest BCUT2D eigenvalue weighted by molar-refractivity contribution is 8.18. The molecule has 0 aliphatic carbocycles. The van der Waals surface area contributed by atoms with Gasteiger partial charge in [-0.3, -0.25) is 14.5 Å². The maximum Gasteiger partial charge on any atom is 0.294 e. The first-order valence-electron chi connectivity index (χ1n) is 9.55. The van der Waals surface area contributed by atoms with E-state index in [4.69, 9.17) is 6.42 Å². The van der Waals surface area contributed by atoms with Crippen molar-refractivity contribution in [1.29, 1.82) is 0 Å². The molecule has 2 amide bonds. The van der Waals surface area contributed by atoms with Crippen molar-refractivity contribution in [2.24, 2.45) is 0 Å². The standard InChI is InChI=1S/C24H19FN2O2S/c1-3-12-27-23(28)21(30-24(27)29)13-18-15-26(14-16-8-10-19(25)11-9-16)22-17(4-2)6-5-7-20(18)22/h1,5-11,13,15H,4,12,14H2,2H3/b21-13-. The number of carbonyl (C=O) groups excluding carboxylic acids is 2. The van der Waals surface area contributed by atoms with Crippen LogP contribution in [0.1, 0.15) is 23.6 Å². The average molecular weight is 418 g/mol. The van der Waals surface area contributed by atoms with Gasteiger partial charge >= 0.3 is 0 Å². The van der Waals surface area contributed by atoms with Gasteiger partial charge in [0.05, 0.1) is 17.0 Å². The summed E-state index contributed by atoms with van der Waals surface area (Å²) < 4.78 is 15.4. The van der Waals surface area contributed by atoms with E-state index in [1.54, 1.807) is 18.2 Å². The van der Waals surface area contributed by atoms with Gasteiger partial charge in [-0.25, -0.2) is 4.39 Å². The summed E-state index contributed by atoms with van der Waals surface area (Å²) in [7, 11) is 0. The van der Waals surface area contributed by atoms with Crippen molar-refractivity contribution in [2.75, 3.05) is 6.54 Å². The minimum Gasteiger partial charge on any atom is -0.342 e. The van der Waals surface area contributed by atoms with Crippen molar-refractivity contribution >= 4 is 39.9 Å². The van der Waals surface area contributed by atoms with Gasteiger partial charge in [0.15, 0.2) is 0 Å². The number of hydrogen-bond donors (Lipinski definition) is 0. The zero-order chi connectivity index (χ0) is 21.3. The molecular weight excluding hydrogens is 399 g/mol. The van der Waals surface area contributed by atoms with Crippen LogP contribution in [0.25, 0.3) is 17.0 Å². The lowest BCUT2D eigenvalue weighted by atomic mass is 10.1. The summed E-state index contributed by atoms with van der Waals surface area (Å²) >= 11 is 0.902. The van der Waals surface area contributed by atoms with E-state index in [1.807, 2.05) is 18.3 Å². The molecule has 6 heteroatoms. The van der Waals surface area contributed by atoms with E-state index < -0.39 is 0 Å². The summed E-state index contributed by atoms with van der Waals surface area (Å²) in [6.07, 6.45) is 9.85. The number of benzene rings is 2. The molecule has 0 N–H and O–H groups in total. The lowest BCUT2D eigenvalue weighted by Crippen LogP contribution is -2.28. The number of halogens is 1. The smallest absolute Gasteiger partial charge is 0.294 e. The Labute approximate surface area is 178 Å². The van der Waals surface area contributed by atoms with Crippen LogP contribution in [0.3, 0.4) is 0 Å². The molecule has 4 rings (SSSR count). The minimum atomic E-state index is -0.367. The zero-order valence-corrected chi connectivity index (χ0v) is 17.2. The second-order valence-electron chi connectivity index (χ2n) is 6.98. The van der Waals surface area contributed by atoms with E-state index in [0.29, 0.717) is 11.4 Å². The number of aromatic nitrogens is 1. The van der Waals surface area contributed by atoms with Gasteiger partial charge in [-0.15, -0.1) is 6.42 Å². The van der Waals surface area contributed by atoms with E-state index in [1.165, 1.54) is 17.7 Å². The molecule has 3 aromatic rings. The van der Waals surface area contributed by atoms with Gasteiger partial charge in [0, 0.05) is 23.7 Å². The van der Waals surface area contributed by atoms with Crippen LogP contribution in [-0.2, 0) is 17.8 Å². The van der Waals surface area contributed by atoms with Crippen molar-refractivity contribution in [1.82, 2.24) is 9.47 Å². The minimum absolute atomic E-state index is 0.0334. The van der Waals surface area contributed by atoms with E-state index in [-0.39, 0.29) is 23.5 Å². The fourth-order valence-corrected chi connectivity index (χ4v) is 4.47. The maximum absolute atomic E-state index is 13.3. The second-order valence-corrected chi connectivity index (χ2v) is 7.97. The third-order valence-corrected chi connectivity index (χ3v) is 5.98. The quantitative estimate of drug-likeness (QED) is 0.430. The predicted molar refractivity (Wildman–Crippen MR) is 118 cm³/mol. The maximum atomic E-state index is 13.3. The molecule has 30 heavy (non-hydrogen) atoms. The molecule has 0 saturated carbocycles. The number of carbonyl (C=O) groups is 2. The van der Waals surface area contributed by atoms with Crippen LogP contribution < -0.4 is 0 Å². The third kappa shape index (κ3) is 3.64. The molecule has 150 valence electrons. The number of thioether (sulfide) groups is 1. The number of hydrogen-bond acceptors (Lipinski definition) is 3. The molecule has 0 radical (unpaired) electrons. The number of para-hydroxylation sites is 1. The van der Waals surface area contributed by atoms with E-state index in [0.717, 1.165) is 45.1 Å². The van der Waals surface area contributed by atoms with Gasteiger partial charge in [-0.2, -0.15) is 0 Å². The Kier molecular flexibility index (Phi) is 5.47. The average Bonchev–Trinajstić information content (AvgIpc) is 3.22. The summed E-state index contributed by atoms with van der Waals surface area (Å²) in [6.45, 7) is 2.63. The van der Waals surface area contributed by atoms with Crippen LogP contribution in [0, 0.1) is 18.2 Å². The van der Waals surface area contributed by atoms with Crippen molar-refractivity contribution in [3.63, 3.8) is 0 Å². The topological polar surface area (TPSA) is 42.3 Å². The number of aryl methyl sites for hydroxylation is 1. The molecular formula is C24H19FN2O2S. The highest BCUT2D eigenvalue weighted by Gasteiger charge is 2.34. The zero-order valence-electron chi connectivity index (χ0n) is 16.4. The first-order chi connectivity index (χ1) is 14.5. The number of nitrogens with zero attached hydrogens (tertiary/aromatic N) is 2. The molecule has 1 aromatic heterocycles. The first-order valence-corrected chi connectivity index (χ1v) is 10.4. The number of rotatable bonds is 5. The van der Waals surface area contributed by atoms with Gasteiger partial charge in [-0.1, -0.05) is 43.2 Å². The van der Waals surface area contributed by atoms with Crippen LogP contribution >= 0.6 is 11.8 Å². The third-order valence-electron chi connectivity index (χ3n) is 5.07. The highest BCUT2D eigenvalue weighted by atomic mass is 32.2. The molecule has 1 saturated heterocycles. The van der Waals surface area contributed by atoms with Crippen molar-refractivity contribution in [2.45, 2.75) is 19.9 Å². The largest absolute Gasteiger partial charge is 0.342 e. The number of fused-ring (bicyclic) bond motifs is 1. The Hall–Kier alpha value is -3.30. The van der Waals surface area contributed by atoms with E-state index in [2.05, 4.69) is 23.5 Å². The van der Waals surface area contributed by atoms with E-state index in [9.17, 15) is 14.0 Å². The molecule has 4 nitrogen and oxygen atoms in total. The van der Waals surface area contributed by atoms with Crippen LogP contribution in [0.4, 0.5) is 9.18 Å². The summed E-state index contributed by atoms with van der Waals surface area (Å²) in [5, 5.41) is 0.647. The number of imide groups is 1. The lowest BCUT2D eigenvalue weighted by Gasteiger charge is -2.09. The molecule has 1 aliphatic rings. The van der Waals surface area contributed by atoms with Crippen LogP contribution in [-0.4, -0.2) is 27.2 Å². The van der Waals surface area contributed by atoms with Crippen LogP contribution in [0.5, 0.6) is 0 Å². The van der Waals surface area contributed by atoms with Gasteiger partial charge in [0.25, 0.3) is 11.1 Å². The molecule has 0 spiro atoms. The molecule has 2 aromatic carbocycles. The second kappa shape index (κ2) is 8.21. The lowest BCUT2D eigenvalue weighted by molar-refractivity contribution is -0.122. The Morgan fingerprint density at radius 2 is 1.93 bits per heavy atom. The molecule has 1 fully saturated rings. The van der Waals surface area contributed by atoms with Crippen LogP contribution in [0.2, 0.25) is 0 Å². The summed E-state index contributed by atoms with van der Waals surface area (Å²) in [5.41, 5.74) is 4.07. The monoisotopic (exact) mass is 418 g/mol. The predicted octanol–water partition coefficient (Wildman–Crippen LogP) is 5.06. The van der Waals surface area contributed by atoms with Gasteiger partial charge < -0.3 is 4.57 Å². The van der Waals surface area contributed by atoms with E-state index >= 15 is 0 Å². The molecule has 0 bridgehead atoms. The Balaban J connectivity index is 1.80. The molecule has 0 atom stereocenters. The summed E-state index contributed by atoms with van der Waals surface area (Å²) in [6, 6.07) is 12.5. The number of amides is 2. The van der Waals surface area contributed by atoms with Crippen LogP contribution in [0.15, 0.2) is 53.6 Å². The highest BCUT2D eigenvalue weighted by Crippen LogP contribution is 2.35. The Morgan fingerprint density at radius 1 is 1.17 bits per heavy atom. The van der Waals surface area contributed by atoms with Crippen molar-refractivity contribution in [3.8, 4) is 12.3 Å². The van der Waals surface area contributed by atoms with Gasteiger partial charge in [-0.05, 0) is 47.5 Å². The Bertz CT molecular complexity index is 1220. The molecule has 1 aliphatic heterocycles. The number of terminal acetylenes is 1.